The van der Waals surface area contributed by atoms with E-state index in [4.69, 9.17) is 0 Å². The summed E-state index contributed by atoms with van der Waals surface area (Å²) in [5, 5.41) is 3.49. The second-order valence-electron chi connectivity index (χ2n) is 7.99. The van der Waals surface area contributed by atoms with Gasteiger partial charge in [0.15, 0.2) is 0 Å². The first kappa shape index (κ1) is 21.2. The van der Waals surface area contributed by atoms with Crippen molar-refractivity contribution in [1.29, 1.82) is 0 Å². The predicted octanol–water partition coefficient (Wildman–Crippen LogP) is 2.63. The van der Waals surface area contributed by atoms with Crippen LogP contribution in [-0.2, 0) is 17.8 Å². The molecule has 4 rings (SSSR count). The van der Waals surface area contributed by atoms with Crippen molar-refractivity contribution < 1.29 is 4.79 Å². The Morgan fingerprint density at radius 2 is 1.74 bits per heavy atom. The molecule has 1 aliphatic heterocycles. The highest BCUT2D eigenvalue weighted by Gasteiger charge is 2.15. The average molecular weight is 420 g/mol. The molecule has 2 heterocycles. The molecule has 2 N–H and O–H groups in total. The van der Waals surface area contributed by atoms with Crippen LogP contribution < -0.4 is 10.9 Å². The zero-order valence-electron chi connectivity index (χ0n) is 17.9. The van der Waals surface area contributed by atoms with Gasteiger partial charge in [0.05, 0.1) is 10.9 Å². The summed E-state index contributed by atoms with van der Waals surface area (Å²) >= 11 is 0. The Balaban J connectivity index is 1.27. The molecular formula is C24H29N5O2. The van der Waals surface area contributed by atoms with Gasteiger partial charge >= 0.3 is 0 Å². The van der Waals surface area contributed by atoms with Gasteiger partial charge in [-0.25, -0.2) is 4.98 Å². The summed E-state index contributed by atoms with van der Waals surface area (Å²) in [5.74, 6) is 0.427. The van der Waals surface area contributed by atoms with Crippen LogP contribution in [0.25, 0.3) is 10.9 Å². The number of benzene rings is 2. The fourth-order valence-corrected chi connectivity index (χ4v) is 3.92. The van der Waals surface area contributed by atoms with E-state index in [1.54, 1.807) is 12.1 Å². The first-order chi connectivity index (χ1) is 15.1. The van der Waals surface area contributed by atoms with E-state index >= 15 is 0 Å². The zero-order valence-corrected chi connectivity index (χ0v) is 17.9. The molecule has 2 aromatic carbocycles. The molecule has 3 aromatic rings. The third-order valence-electron chi connectivity index (χ3n) is 5.81. The molecule has 0 saturated carbocycles. The van der Waals surface area contributed by atoms with Gasteiger partial charge in [-0.15, -0.1) is 0 Å². The number of nitrogens with one attached hydrogen (secondary N) is 2. The van der Waals surface area contributed by atoms with Crippen molar-refractivity contribution in [2.75, 3.05) is 38.0 Å². The van der Waals surface area contributed by atoms with Crippen LogP contribution in [0.4, 0.5) is 5.69 Å². The van der Waals surface area contributed by atoms with Crippen molar-refractivity contribution in [3.63, 3.8) is 0 Å². The maximum absolute atomic E-state index is 12.4. The lowest BCUT2D eigenvalue weighted by Gasteiger charge is -2.34. The number of H-pyrrole nitrogens is 1. The number of nitrogens with zero attached hydrogens (tertiary/aromatic N) is 3. The van der Waals surface area contributed by atoms with Gasteiger partial charge in [-0.2, -0.15) is 0 Å². The molecular weight excluding hydrogens is 390 g/mol. The smallest absolute Gasteiger partial charge is 0.258 e. The lowest BCUT2D eigenvalue weighted by Crippen LogP contribution is -2.45. The molecule has 0 aliphatic carbocycles. The SMILES string of the molecule is CCN1CCN(Cc2ccc(NC(=O)CCc3nc4ccccc4c(=O)[nH]3)cc2)CC1. The molecule has 1 fully saturated rings. The van der Waals surface area contributed by atoms with Gasteiger partial charge in [-0.05, 0) is 36.4 Å². The van der Waals surface area contributed by atoms with E-state index in [-0.39, 0.29) is 17.9 Å². The summed E-state index contributed by atoms with van der Waals surface area (Å²) in [6, 6.07) is 15.3. The number of hydrogen-bond donors (Lipinski definition) is 2. The number of aromatic amines is 1. The summed E-state index contributed by atoms with van der Waals surface area (Å²) in [4.78, 5) is 36.6. The molecule has 0 spiro atoms. The number of piperazine rings is 1. The molecule has 7 nitrogen and oxygen atoms in total. The van der Waals surface area contributed by atoms with E-state index in [1.807, 2.05) is 24.3 Å². The number of aryl methyl sites for hydroxylation is 1. The Kier molecular flexibility index (Phi) is 6.74. The molecule has 31 heavy (non-hydrogen) atoms. The average Bonchev–Trinajstić information content (AvgIpc) is 2.80. The van der Waals surface area contributed by atoms with Gasteiger partial charge in [0.2, 0.25) is 5.91 Å². The summed E-state index contributed by atoms with van der Waals surface area (Å²) in [5.41, 5.74) is 2.51. The predicted molar refractivity (Wildman–Crippen MR) is 123 cm³/mol. The van der Waals surface area contributed by atoms with Crippen LogP contribution in [0.3, 0.4) is 0 Å². The number of carbonyl (C=O) groups is 1. The molecule has 0 unspecified atom stereocenters. The number of carbonyl (C=O) groups excluding carboxylic acids is 1. The van der Waals surface area contributed by atoms with Gasteiger partial charge < -0.3 is 15.2 Å². The number of rotatable bonds is 7. The molecule has 1 aliphatic rings. The summed E-state index contributed by atoms with van der Waals surface area (Å²) in [6.07, 6.45) is 0.637. The maximum Gasteiger partial charge on any atom is 0.258 e. The highest BCUT2D eigenvalue weighted by Crippen LogP contribution is 2.14. The van der Waals surface area contributed by atoms with Crippen LogP contribution >= 0.6 is 0 Å². The third-order valence-corrected chi connectivity index (χ3v) is 5.81. The molecule has 1 aromatic heterocycles. The van der Waals surface area contributed by atoms with Gasteiger partial charge in [-0.3, -0.25) is 14.5 Å². The van der Waals surface area contributed by atoms with E-state index in [9.17, 15) is 9.59 Å². The van der Waals surface area contributed by atoms with Crippen LogP contribution in [-0.4, -0.2) is 58.4 Å². The van der Waals surface area contributed by atoms with E-state index in [2.05, 4.69) is 44.1 Å². The first-order valence-corrected chi connectivity index (χ1v) is 10.9. The van der Waals surface area contributed by atoms with Crippen LogP contribution in [0.2, 0.25) is 0 Å². The minimum absolute atomic E-state index is 0.0979. The molecule has 1 saturated heterocycles. The second-order valence-corrected chi connectivity index (χ2v) is 7.99. The normalized spacial score (nSPS) is 15.3. The van der Waals surface area contributed by atoms with Crippen LogP contribution in [0.1, 0.15) is 24.7 Å². The minimum Gasteiger partial charge on any atom is -0.326 e. The third kappa shape index (κ3) is 5.57. The minimum atomic E-state index is -0.173. The number of likely N-dealkylation sites (N-methyl/N-ethyl adjacent to an activating group) is 1. The second kappa shape index (κ2) is 9.85. The molecule has 162 valence electrons. The fraction of sp³-hybridized carbons (Fsp3) is 0.375. The van der Waals surface area contributed by atoms with E-state index in [0.717, 1.165) is 45.0 Å². The number of anilines is 1. The summed E-state index contributed by atoms with van der Waals surface area (Å²) < 4.78 is 0. The Morgan fingerprint density at radius 3 is 2.48 bits per heavy atom. The van der Waals surface area contributed by atoms with E-state index in [1.165, 1.54) is 5.56 Å². The quantitative estimate of drug-likeness (QED) is 0.615. The topological polar surface area (TPSA) is 81.3 Å². The molecule has 1 amide bonds. The molecule has 0 bridgehead atoms. The van der Waals surface area contributed by atoms with E-state index < -0.39 is 0 Å². The Morgan fingerprint density at radius 1 is 1.03 bits per heavy atom. The van der Waals surface area contributed by atoms with Crippen molar-refractivity contribution in [1.82, 2.24) is 19.8 Å². The zero-order chi connectivity index (χ0) is 21.6. The maximum atomic E-state index is 12.4. The van der Waals surface area contributed by atoms with Crippen molar-refractivity contribution in [3.05, 3.63) is 70.3 Å². The molecule has 7 heteroatoms. The lowest BCUT2D eigenvalue weighted by atomic mass is 10.1. The number of amides is 1. The van der Waals surface area contributed by atoms with Crippen molar-refractivity contribution in [2.24, 2.45) is 0 Å². The standard InChI is InChI=1S/C24H29N5O2/c1-2-28-13-15-29(16-14-28)17-18-7-9-19(10-8-18)25-23(30)12-11-22-26-21-6-4-3-5-20(21)24(31)27-22/h3-10H,2,11-17H2,1H3,(H,25,30)(H,26,27,31). The Bertz CT molecular complexity index is 1090. The van der Waals surface area contributed by atoms with Crippen LogP contribution in [0, 0.1) is 0 Å². The van der Waals surface area contributed by atoms with Crippen LogP contribution in [0.5, 0.6) is 0 Å². The van der Waals surface area contributed by atoms with Crippen LogP contribution in [0.15, 0.2) is 53.3 Å². The largest absolute Gasteiger partial charge is 0.326 e. The number of para-hydroxylation sites is 1. The molecule has 0 radical (unpaired) electrons. The van der Waals surface area contributed by atoms with Gasteiger partial charge in [0, 0.05) is 51.3 Å². The summed E-state index contributed by atoms with van der Waals surface area (Å²) in [7, 11) is 0. The monoisotopic (exact) mass is 419 g/mol. The lowest BCUT2D eigenvalue weighted by molar-refractivity contribution is -0.116. The highest BCUT2D eigenvalue weighted by molar-refractivity contribution is 5.90. The summed E-state index contributed by atoms with van der Waals surface area (Å²) in [6.45, 7) is 8.71. The number of aromatic nitrogens is 2. The van der Waals surface area contributed by atoms with E-state index in [0.29, 0.717) is 23.1 Å². The van der Waals surface area contributed by atoms with Crippen molar-refractivity contribution >= 4 is 22.5 Å². The van der Waals surface area contributed by atoms with Crippen molar-refractivity contribution in [2.45, 2.75) is 26.3 Å². The number of fused-ring (bicyclic) bond motifs is 1. The molecule has 0 atom stereocenters. The number of hydrogen-bond acceptors (Lipinski definition) is 5. The van der Waals surface area contributed by atoms with Gasteiger partial charge in [0.25, 0.3) is 5.56 Å². The Labute approximate surface area is 182 Å². The fourth-order valence-electron chi connectivity index (χ4n) is 3.92. The Hall–Kier alpha value is -3.03. The first-order valence-electron chi connectivity index (χ1n) is 10.9. The van der Waals surface area contributed by atoms with Gasteiger partial charge in [0.1, 0.15) is 5.82 Å². The van der Waals surface area contributed by atoms with Gasteiger partial charge in [-0.1, -0.05) is 31.2 Å². The highest BCUT2D eigenvalue weighted by atomic mass is 16.1. The van der Waals surface area contributed by atoms with Crippen molar-refractivity contribution in [3.8, 4) is 0 Å².